The van der Waals surface area contributed by atoms with Crippen LogP contribution in [0, 0.1) is 5.92 Å². The molecule has 2 heteroatoms. The quantitative estimate of drug-likeness (QED) is 0.487. The Morgan fingerprint density at radius 2 is 1.78 bits per heavy atom. The normalized spacial score (nSPS) is 36.7. The number of hydrogen-bond acceptors (Lipinski definition) is 2. The number of ether oxygens (including phenoxy) is 2. The number of hydrogen-bond donors (Lipinski definition) is 0. The SMILES string of the molecule is C1CC(C2CO2)CCO1. The first-order valence-electron chi connectivity index (χ1n) is 3.66. The zero-order valence-electron chi connectivity index (χ0n) is 5.51. The Balaban J connectivity index is 1.80. The Morgan fingerprint density at radius 3 is 2.33 bits per heavy atom. The van der Waals surface area contributed by atoms with E-state index in [4.69, 9.17) is 9.47 Å². The fourth-order valence-electron chi connectivity index (χ4n) is 1.42. The molecule has 9 heavy (non-hydrogen) atoms. The summed E-state index contributed by atoms with van der Waals surface area (Å²) in [6.07, 6.45) is 3.03. The van der Waals surface area contributed by atoms with Crippen molar-refractivity contribution in [3.8, 4) is 0 Å². The Kier molecular flexibility index (Phi) is 1.44. The van der Waals surface area contributed by atoms with Crippen LogP contribution in [-0.4, -0.2) is 25.9 Å². The summed E-state index contributed by atoms with van der Waals surface area (Å²) in [6.45, 7) is 2.90. The van der Waals surface area contributed by atoms with Gasteiger partial charge in [-0.05, 0) is 18.8 Å². The van der Waals surface area contributed by atoms with Gasteiger partial charge >= 0.3 is 0 Å². The first kappa shape index (κ1) is 5.69. The Labute approximate surface area is 55.1 Å². The van der Waals surface area contributed by atoms with Crippen LogP contribution in [0.4, 0.5) is 0 Å². The fraction of sp³-hybridized carbons (Fsp3) is 1.00. The lowest BCUT2D eigenvalue weighted by Crippen LogP contribution is -2.19. The van der Waals surface area contributed by atoms with Crippen LogP contribution in [0.1, 0.15) is 12.8 Å². The molecule has 2 aliphatic heterocycles. The van der Waals surface area contributed by atoms with Crippen LogP contribution in [0.5, 0.6) is 0 Å². The Hall–Kier alpha value is -0.0800. The van der Waals surface area contributed by atoms with E-state index in [2.05, 4.69) is 0 Å². The highest BCUT2D eigenvalue weighted by Gasteiger charge is 2.33. The van der Waals surface area contributed by atoms with Crippen molar-refractivity contribution in [3.63, 3.8) is 0 Å². The molecule has 0 saturated carbocycles. The summed E-state index contributed by atoms with van der Waals surface area (Å²) < 4.78 is 10.4. The maximum absolute atomic E-state index is 5.22. The van der Waals surface area contributed by atoms with Gasteiger partial charge in [-0.3, -0.25) is 0 Å². The monoisotopic (exact) mass is 128 g/mol. The van der Waals surface area contributed by atoms with Gasteiger partial charge in [0.2, 0.25) is 0 Å². The van der Waals surface area contributed by atoms with Gasteiger partial charge in [-0.15, -0.1) is 0 Å². The molecular formula is C7H12O2. The number of rotatable bonds is 1. The third-order valence-corrected chi connectivity index (χ3v) is 2.15. The summed E-state index contributed by atoms with van der Waals surface area (Å²) >= 11 is 0. The predicted molar refractivity (Wildman–Crippen MR) is 33.3 cm³/mol. The van der Waals surface area contributed by atoms with E-state index in [0.717, 1.165) is 25.7 Å². The largest absolute Gasteiger partial charge is 0.381 e. The lowest BCUT2D eigenvalue weighted by molar-refractivity contribution is 0.0572. The Morgan fingerprint density at radius 1 is 1.11 bits per heavy atom. The van der Waals surface area contributed by atoms with Crippen molar-refractivity contribution >= 4 is 0 Å². The second-order valence-electron chi connectivity index (χ2n) is 2.82. The molecular weight excluding hydrogens is 116 g/mol. The van der Waals surface area contributed by atoms with Gasteiger partial charge in [0, 0.05) is 13.2 Å². The van der Waals surface area contributed by atoms with Crippen molar-refractivity contribution in [1.29, 1.82) is 0 Å². The molecule has 0 aromatic heterocycles. The minimum absolute atomic E-state index is 0.605. The highest BCUT2D eigenvalue weighted by molar-refractivity contribution is 4.80. The molecule has 0 spiro atoms. The van der Waals surface area contributed by atoms with Crippen LogP contribution >= 0.6 is 0 Å². The van der Waals surface area contributed by atoms with Gasteiger partial charge in [0.15, 0.2) is 0 Å². The molecule has 0 radical (unpaired) electrons. The van der Waals surface area contributed by atoms with Gasteiger partial charge in [-0.25, -0.2) is 0 Å². The first-order valence-corrected chi connectivity index (χ1v) is 3.66. The minimum Gasteiger partial charge on any atom is -0.381 e. The smallest absolute Gasteiger partial charge is 0.0839 e. The maximum Gasteiger partial charge on any atom is 0.0839 e. The summed E-state index contributed by atoms with van der Waals surface area (Å²) in [5, 5.41) is 0. The minimum atomic E-state index is 0.605. The summed E-state index contributed by atoms with van der Waals surface area (Å²) in [5.41, 5.74) is 0. The van der Waals surface area contributed by atoms with E-state index in [9.17, 15) is 0 Å². The van der Waals surface area contributed by atoms with Gasteiger partial charge in [0.1, 0.15) is 0 Å². The molecule has 2 saturated heterocycles. The van der Waals surface area contributed by atoms with Gasteiger partial charge in [0.05, 0.1) is 12.7 Å². The summed E-state index contributed by atoms with van der Waals surface area (Å²) in [4.78, 5) is 0. The van der Waals surface area contributed by atoms with Crippen molar-refractivity contribution in [2.24, 2.45) is 5.92 Å². The van der Waals surface area contributed by atoms with Crippen LogP contribution in [0.15, 0.2) is 0 Å². The van der Waals surface area contributed by atoms with E-state index in [1.54, 1.807) is 0 Å². The lowest BCUT2D eigenvalue weighted by Gasteiger charge is -2.19. The molecule has 52 valence electrons. The highest BCUT2D eigenvalue weighted by Crippen LogP contribution is 2.28. The van der Waals surface area contributed by atoms with Gasteiger partial charge in [0.25, 0.3) is 0 Å². The standard InChI is InChI=1S/C7H12O2/c1-3-8-4-2-6(1)7-5-9-7/h6-7H,1-5H2. The molecule has 2 nitrogen and oxygen atoms in total. The van der Waals surface area contributed by atoms with Crippen molar-refractivity contribution in [3.05, 3.63) is 0 Å². The average molecular weight is 128 g/mol. The second-order valence-corrected chi connectivity index (χ2v) is 2.82. The molecule has 2 aliphatic rings. The highest BCUT2D eigenvalue weighted by atomic mass is 16.6. The van der Waals surface area contributed by atoms with Gasteiger partial charge in [-0.2, -0.15) is 0 Å². The molecule has 0 aromatic rings. The van der Waals surface area contributed by atoms with Crippen molar-refractivity contribution in [2.45, 2.75) is 18.9 Å². The summed E-state index contributed by atoms with van der Waals surface area (Å²) in [6, 6.07) is 0. The summed E-state index contributed by atoms with van der Waals surface area (Å²) in [5.74, 6) is 0.818. The molecule has 2 fully saturated rings. The molecule has 0 amide bonds. The fourth-order valence-corrected chi connectivity index (χ4v) is 1.42. The lowest BCUT2D eigenvalue weighted by atomic mass is 9.97. The maximum atomic E-state index is 5.22. The third-order valence-electron chi connectivity index (χ3n) is 2.15. The molecule has 0 aliphatic carbocycles. The third kappa shape index (κ3) is 1.25. The molecule has 2 rings (SSSR count). The van der Waals surface area contributed by atoms with Crippen molar-refractivity contribution < 1.29 is 9.47 Å². The molecule has 0 N–H and O–H groups in total. The van der Waals surface area contributed by atoms with Crippen molar-refractivity contribution in [2.75, 3.05) is 19.8 Å². The van der Waals surface area contributed by atoms with Crippen LogP contribution in [0.25, 0.3) is 0 Å². The van der Waals surface area contributed by atoms with E-state index in [0.29, 0.717) is 6.10 Å². The molecule has 0 bridgehead atoms. The molecule has 1 unspecified atom stereocenters. The van der Waals surface area contributed by atoms with Gasteiger partial charge < -0.3 is 9.47 Å². The first-order chi connectivity index (χ1) is 4.47. The topological polar surface area (TPSA) is 21.8 Å². The zero-order chi connectivity index (χ0) is 6.10. The van der Waals surface area contributed by atoms with E-state index in [1.165, 1.54) is 12.8 Å². The summed E-state index contributed by atoms with van der Waals surface area (Å²) in [7, 11) is 0. The van der Waals surface area contributed by atoms with Crippen LogP contribution in [0.3, 0.4) is 0 Å². The van der Waals surface area contributed by atoms with Crippen LogP contribution in [-0.2, 0) is 9.47 Å². The van der Waals surface area contributed by atoms with E-state index in [-0.39, 0.29) is 0 Å². The second kappa shape index (κ2) is 2.27. The zero-order valence-corrected chi connectivity index (χ0v) is 5.51. The average Bonchev–Trinajstić information content (AvgIpc) is 2.71. The van der Waals surface area contributed by atoms with Gasteiger partial charge in [-0.1, -0.05) is 0 Å². The van der Waals surface area contributed by atoms with Crippen LogP contribution in [0.2, 0.25) is 0 Å². The molecule has 2 heterocycles. The van der Waals surface area contributed by atoms with E-state index >= 15 is 0 Å². The Bertz CT molecular complexity index is 93.1. The van der Waals surface area contributed by atoms with Crippen molar-refractivity contribution in [1.82, 2.24) is 0 Å². The van der Waals surface area contributed by atoms with E-state index in [1.807, 2.05) is 0 Å². The molecule has 1 atom stereocenters. The number of epoxide rings is 1. The molecule has 0 aromatic carbocycles. The van der Waals surface area contributed by atoms with Crippen LogP contribution < -0.4 is 0 Å². The predicted octanol–water partition coefficient (Wildman–Crippen LogP) is 0.812. The van der Waals surface area contributed by atoms with E-state index < -0.39 is 0 Å².